The molecule has 0 radical (unpaired) electrons. The molecular formula is C20H21Cl2N3O3. The number of para-hydroxylation sites is 1. The molecular weight excluding hydrogens is 401 g/mol. The number of carbonyl (C=O) groups is 2. The summed E-state index contributed by atoms with van der Waals surface area (Å²) >= 11 is 12.6. The van der Waals surface area contributed by atoms with E-state index in [0.717, 1.165) is 5.69 Å². The number of amides is 2. The van der Waals surface area contributed by atoms with Gasteiger partial charge in [-0.05, 0) is 30.3 Å². The summed E-state index contributed by atoms with van der Waals surface area (Å²) < 4.78 is 5.12. The Bertz CT molecular complexity index is 896. The average molecular weight is 422 g/mol. The summed E-state index contributed by atoms with van der Waals surface area (Å²) in [5, 5.41) is 3.82. The van der Waals surface area contributed by atoms with Gasteiger partial charge in [0.2, 0.25) is 5.91 Å². The second-order valence-electron chi connectivity index (χ2n) is 6.43. The topological polar surface area (TPSA) is 61.9 Å². The fraction of sp³-hybridized carbons (Fsp3) is 0.300. The summed E-state index contributed by atoms with van der Waals surface area (Å²) in [6, 6.07) is 10.2. The molecule has 0 atom stereocenters. The van der Waals surface area contributed by atoms with Crippen molar-refractivity contribution < 1.29 is 14.3 Å². The third-order valence-corrected chi connectivity index (χ3v) is 5.29. The molecule has 1 aliphatic rings. The Labute approximate surface area is 174 Å². The molecule has 1 fully saturated rings. The molecule has 0 spiro atoms. The molecule has 1 aliphatic heterocycles. The van der Waals surface area contributed by atoms with Gasteiger partial charge in [0.15, 0.2) is 0 Å². The molecule has 1 N–H and O–H groups in total. The Morgan fingerprint density at radius 1 is 1.04 bits per heavy atom. The van der Waals surface area contributed by atoms with Crippen LogP contribution in [0.25, 0.3) is 0 Å². The fourth-order valence-electron chi connectivity index (χ4n) is 3.18. The van der Waals surface area contributed by atoms with Gasteiger partial charge in [-0.25, -0.2) is 0 Å². The summed E-state index contributed by atoms with van der Waals surface area (Å²) in [6.07, 6.45) is 0. The maximum absolute atomic E-state index is 12.7. The van der Waals surface area contributed by atoms with Gasteiger partial charge in [-0.1, -0.05) is 29.3 Å². The lowest BCUT2D eigenvalue weighted by Crippen LogP contribution is -2.48. The van der Waals surface area contributed by atoms with Crippen molar-refractivity contribution in [2.45, 2.75) is 6.92 Å². The third-order valence-electron chi connectivity index (χ3n) is 4.69. The number of ether oxygens (including phenoxy) is 1. The van der Waals surface area contributed by atoms with Crippen molar-refractivity contribution in [3.8, 4) is 5.75 Å². The number of hydrogen-bond acceptors (Lipinski definition) is 4. The van der Waals surface area contributed by atoms with Crippen molar-refractivity contribution in [1.82, 2.24) is 4.90 Å². The Balaban J connectivity index is 1.81. The van der Waals surface area contributed by atoms with Crippen LogP contribution in [-0.2, 0) is 4.79 Å². The normalized spacial score (nSPS) is 14.0. The Hall–Kier alpha value is -2.44. The summed E-state index contributed by atoms with van der Waals surface area (Å²) in [5.74, 6) is 0.268. The predicted molar refractivity (Wildman–Crippen MR) is 112 cm³/mol. The van der Waals surface area contributed by atoms with Gasteiger partial charge in [0, 0.05) is 38.7 Å². The van der Waals surface area contributed by atoms with E-state index in [4.69, 9.17) is 27.9 Å². The lowest BCUT2D eigenvalue weighted by atomic mass is 10.1. The monoisotopic (exact) mass is 421 g/mol. The van der Waals surface area contributed by atoms with Crippen LogP contribution in [0.1, 0.15) is 17.3 Å². The van der Waals surface area contributed by atoms with Gasteiger partial charge in [0.05, 0.1) is 28.5 Å². The van der Waals surface area contributed by atoms with Crippen LogP contribution in [0.3, 0.4) is 0 Å². The number of nitrogens with zero attached hydrogens (tertiary/aromatic N) is 2. The largest absolute Gasteiger partial charge is 0.495 e. The number of halogens is 2. The minimum atomic E-state index is -0.296. The SMILES string of the molecule is COc1ccc(C(=O)Nc2cccc(Cl)c2N2CCN(C(C)=O)CC2)cc1Cl. The molecule has 0 aromatic heterocycles. The number of piperazine rings is 1. The van der Waals surface area contributed by atoms with Crippen molar-refractivity contribution in [2.75, 3.05) is 43.5 Å². The molecule has 1 saturated heterocycles. The zero-order valence-electron chi connectivity index (χ0n) is 15.7. The third kappa shape index (κ3) is 4.34. The van der Waals surface area contributed by atoms with Gasteiger partial charge < -0.3 is 19.9 Å². The van der Waals surface area contributed by atoms with E-state index in [1.54, 1.807) is 42.2 Å². The first-order valence-corrected chi connectivity index (χ1v) is 9.60. The molecule has 3 rings (SSSR count). The van der Waals surface area contributed by atoms with Crippen LogP contribution < -0.4 is 15.0 Å². The van der Waals surface area contributed by atoms with Crippen LogP contribution in [0.15, 0.2) is 36.4 Å². The molecule has 2 aromatic carbocycles. The highest BCUT2D eigenvalue weighted by Gasteiger charge is 2.23. The summed E-state index contributed by atoms with van der Waals surface area (Å²) in [7, 11) is 1.52. The summed E-state index contributed by atoms with van der Waals surface area (Å²) in [5.41, 5.74) is 1.78. The number of methoxy groups -OCH3 is 1. The first kappa shape index (κ1) is 20.3. The number of rotatable bonds is 4. The number of hydrogen-bond donors (Lipinski definition) is 1. The molecule has 0 aliphatic carbocycles. The predicted octanol–water partition coefficient (Wildman–Crippen LogP) is 3.92. The first-order chi connectivity index (χ1) is 13.4. The van der Waals surface area contributed by atoms with E-state index in [-0.39, 0.29) is 11.8 Å². The molecule has 1 heterocycles. The van der Waals surface area contributed by atoms with Crippen LogP contribution in [0.4, 0.5) is 11.4 Å². The lowest BCUT2D eigenvalue weighted by molar-refractivity contribution is -0.129. The van der Waals surface area contributed by atoms with Crippen molar-refractivity contribution in [3.63, 3.8) is 0 Å². The van der Waals surface area contributed by atoms with Gasteiger partial charge in [0.1, 0.15) is 5.75 Å². The Morgan fingerprint density at radius 3 is 2.36 bits per heavy atom. The summed E-state index contributed by atoms with van der Waals surface area (Å²) in [6.45, 7) is 4.07. The highest BCUT2D eigenvalue weighted by atomic mass is 35.5. The second kappa shape index (κ2) is 8.71. The van der Waals surface area contributed by atoms with Crippen molar-refractivity contribution >= 4 is 46.4 Å². The van der Waals surface area contributed by atoms with E-state index in [1.807, 2.05) is 6.07 Å². The standard InChI is InChI=1S/C20H21Cl2N3O3/c1-13(26)24-8-10-25(11-9-24)19-15(21)4-3-5-17(19)23-20(27)14-6-7-18(28-2)16(22)12-14/h3-7,12H,8-11H2,1-2H3,(H,23,27). The molecule has 148 valence electrons. The van der Waals surface area contributed by atoms with Crippen LogP contribution in [0, 0.1) is 0 Å². The number of carbonyl (C=O) groups excluding carboxylic acids is 2. The zero-order valence-corrected chi connectivity index (χ0v) is 17.2. The van der Waals surface area contributed by atoms with Gasteiger partial charge in [-0.15, -0.1) is 0 Å². The van der Waals surface area contributed by atoms with E-state index in [0.29, 0.717) is 53.2 Å². The maximum Gasteiger partial charge on any atom is 0.255 e. The van der Waals surface area contributed by atoms with E-state index < -0.39 is 0 Å². The quantitative estimate of drug-likeness (QED) is 0.812. The van der Waals surface area contributed by atoms with Crippen LogP contribution >= 0.6 is 23.2 Å². The second-order valence-corrected chi connectivity index (χ2v) is 7.25. The Kier molecular flexibility index (Phi) is 6.31. The first-order valence-electron chi connectivity index (χ1n) is 8.84. The van der Waals surface area contributed by atoms with Gasteiger partial charge in [-0.2, -0.15) is 0 Å². The van der Waals surface area contributed by atoms with Crippen LogP contribution in [0.5, 0.6) is 5.75 Å². The average Bonchev–Trinajstić information content (AvgIpc) is 2.68. The van der Waals surface area contributed by atoms with Gasteiger partial charge in [-0.3, -0.25) is 9.59 Å². The van der Waals surface area contributed by atoms with E-state index in [1.165, 1.54) is 7.11 Å². The highest BCUT2D eigenvalue weighted by Crippen LogP contribution is 2.35. The highest BCUT2D eigenvalue weighted by molar-refractivity contribution is 6.34. The molecule has 28 heavy (non-hydrogen) atoms. The minimum absolute atomic E-state index is 0.0590. The van der Waals surface area contributed by atoms with Crippen LogP contribution in [-0.4, -0.2) is 50.0 Å². The number of benzene rings is 2. The van der Waals surface area contributed by atoms with Gasteiger partial charge in [0.25, 0.3) is 5.91 Å². The molecule has 8 heteroatoms. The molecule has 6 nitrogen and oxygen atoms in total. The minimum Gasteiger partial charge on any atom is -0.495 e. The van der Waals surface area contributed by atoms with E-state index in [2.05, 4.69) is 10.2 Å². The maximum atomic E-state index is 12.7. The fourth-order valence-corrected chi connectivity index (χ4v) is 3.74. The molecule has 2 amide bonds. The van der Waals surface area contributed by atoms with Crippen molar-refractivity contribution in [1.29, 1.82) is 0 Å². The number of anilines is 2. The molecule has 0 unspecified atom stereocenters. The van der Waals surface area contributed by atoms with E-state index >= 15 is 0 Å². The van der Waals surface area contributed by atoms with Crippen LogP contribution in [0.2, 0.25) is 10.0 Å². The number of nitrogens with one attached hydrogen (secondary N) is 1. The lowest BCUT2D eigenvalue weighted by Gasteiger charge is -2.37. The smallest absolute Gasteiger partial charge is 0.255 e. The molecule has 2 aromatic rings. The molecule has 0 saturated carbocycles. The summed E-state index contributed by atoms with van der Waals surface area (Å²) in [4.78, 5) is 28.2. The zero-order chi connectivity index (χ0) is 20.3. The van der Waals surface area contributed by atoms with E-state index in [9.17, 15) is 9.59 Å². The van der Waals surface area contributed by atoms with Gasteiger partial charge >= 0.3 is 0 Å². The molecule has 0 bridgehead atoms. The Morgan fingerprint density at radius 2 is 1.75 bits per heavy atom. The van der Waals surface area contributed by atoms with Crippen molar-refractivity contribution in [2.24, 2.45) is 0 Å². The van der Waals surface area contributed by atoms with Crippen molar-refractivity contribution in [3.05, 3.63) is 52.0 Å².